The molecule has 1 heterocycles. The number of nitrogens with one attached hydrogen (secondary N) is 1. The molecule has 0 amide bonds. The summed E-state index contributed by atoms with van der Waals surface area (Å²) in [6.07, 6.45) is 0.938. The molecule has 0 aliphatic rings. The Kier molecular flexibility index (Phi) is 2.59. The SMILES string of the molecule is CCc1nnc(CNC)n1C. The highest BCUT2D eigenvalue weighted by atomic mass is 15.3. The molecule has 0 unspecified atom stereocenters. The standard InChI is InChI=1S/C7H14N4/c1-4-6-9-10-7(5-8-2)11(6)3/h8H,4-5H2,1-3H3. The lowest BCUT2D eigenvalue weighted by Gasteiger charge is -2.00. The Bertz CT molecular complexity index is 228. The Balaban J connectivity index is 2.82. The molecule has 11 heavy (non-hydrogen) atoms. The molecule has 0 bridgehead atoms. The van der Waals surface area contributed by atoms with Crippen LogP contribution in [0.5, 0.6) is 0 Å². The largest absolute Gasteiger partial charge is 0.317 e. The summed E-state index contributed by atoms with van der Waals surface area (Å²) in [7, 11) is 3.89. The van der Waals surface area contributed by atoms with Gasteiger partial charge in [-0.1, -0.05) is 6.92 Å². The van der Waals surface area contributed by atoms with Gasteiger partial charge in [-0.25, -0.2) is 0 Å². The van der Waals surface area contributed by atoms with Gasteiger partial charge in [0.25, 0.3) is 0 Å². The zero-order valence-electron chi connectivity index (χ0n) is 7.26. The fraction of sp³-hybridized carbons (Fsp3) is 0.714. The minimum Gasteiger partial charge on any atom is -0.317 e. The Morgan fingerprint density at radius 1 is 1.36 bits per heavy atom. The number of hydrogen-bond donors (Lipinski definition) is 1. The van der Waals surface area contributed by atoms with Gasteiger partial charge in [0.1, 0.15) is 11.6 Å². The van der Waals surface area contributed by atoms with Crippen LogP contribution in [-0.2, 0) is 20.0 Å². The molecule has 4 nitrogen and oxygen atoms in total. The van der Waals surface area contributed by atoms with Crippen LogP contribution in [0.2, 0.25) is 0 Å². The maximum atomic E-state index is 4.03. The fourth-order valence-corrected chi connectivity index (χ4v) is 1.02. The molecule has 0 saturated carbocycles. The first kappa shape index (κ1) is 8.20. The third-order valence-electron chi connectivity index (χ3n) is 1.71. The number of hydrogen-bond acceptors (Lipinski definition) is 3. The van der Waals surface area contributed by atoms with E-state index in [4.69, 9.17) is 0 Å². The van der Waals surface area contributed by atoms with Gasteiger partial charge in [-0.15, -0.1) is 10.2 Å². The summed E-state index contributed by atoms with van der Waals surface area (Å²) < 4.78 is 2.02. The molecular weight excluding hydrogens is 140 g/mol. The molecule has 1 rings (SSSR count). The molecule has 1 aromatic heterocycles. The van der Waals surface area contributed by atoms with Crippen molar-refractivity contribution in [2.75, 3.05) is 7.05 Å². The average molecular weight is 154 g/mol. The highest BCUT2D eigenvalue weighted by Gasteiger charge is 2.03. The topological polar surface area (TPSA) is 42.7 Å². The van der Waals surface area contributed by atoms with E-state index in [1.165, 1.54) is 0 Å². The predicted octanol–water partition coefficient (Wildman–Crippen LogP) is 0.0969. The fourth-order valence-electron chi connectivity index (χ4n) is 1.02. The van der Waals surface area contributed by atoms with Gasteiger partial charge in [-0.05, 0) is 7.05 Å². The smallest absolute Gasteiger partial charge is 0.146 e. The van der Waals surface area contributed by atoms with E-state index in [0.717, 1.165) is 24.6 Å². The van der Waals surface area contributed by atoms with Crippen molar-refractivity contribution in [3.05, 3.63) is 11.6 Å². The lowest BCUT2D eigenvalue weighted by Crippen LogP contribution is -2.11. The maximum Gasteiger partial charge on any atom is 0.146 e. The maximum absolute atomic E-state index is 4.03. The van der Waals surface area contributed by atoms with Gasteiger partial charge in [0.05, 0.1) is 6.54 Å². The number of aromatic nitrogens is 3. The van der Waals surface area contributed by atoms with E-state index in [0.29, 0.717) is 0 Å². The number of rotatable bonds is 3. The first-order valence-corrected chi connectivity index (χ1v) is 3.81. The van der Waals surface area contributed by atoms with Crippen molar-refractivity contribution in [3.63, 3.8) is 0 Å². The summed E-state index contributed by atoms with van der Waals surface area (Å²) in [6.45, 7) is 2.86. The van der Waals surface area contributed by atoms with Gasteiger partial charge < -0.3 is 9.88 Å². The van der Waals surface area contributed by atoms with Crippen LogP contribution >= 0.6 is 0 Å². The van der Waals surface area contributed by atoms with Crippen molar-refractivity contribution in [1.29, 1.82) is 0 Å². The number of nitrogens with zero attached hydrogens (tertiary/aromatic N) is 3. The Morgan fingerprint density at radius 3 is 2.45 bits per heavy atom. The quantitative estimate of drug-likeness (QED) is 0.671. The predicted molar refractivity (Wildman–Crippen MR) is 43.1 cm³/mol. The third-order valence-corrected chi connectivity index (χ3v) is 1.71. The molecule has 1 aromatic rings. The minimum absolute atomic E-state index is 0.781. The van der Waals surface area contributed by atoms with Gasteiger partial charge >= 0.3 is 0 Å². The van der Waals surface area contributed by atoms with Crippen LogP contribution < -0.4 is 5.32 Å². The molecule has 0 aromatic carbocycles. The second-order valence-electron chi connectivity index (χ2n) is 2.48. The minimum atomic E-state index is 0.781. The van der Waals surface area contributed by atoms with E-state index in [1.54, 1.807) is 0 Å². The second kappa shape index (κ2) is 3.48. The molecular formula is C7H14N4. The van der Waals surface area contributed by atoms with E-state index >= 15 is 0 Å². The van der Waals surface area contributed by atoms with Crippen LogP contribution in [0.1, 0.15) is 18.6 Å². The van der Waals surface area contributed by atoms with Crippen LogP contribution in [0.3, 0.4) is 0 Å². The second-order valence-corrected chi connectivity index (χ2v) is 2.48. The monoisotopic (exact) mass is 154 g/mol. The van der Waals surface area contributed by atoms with E-state index in [1.807, 2.05) is 18.7 Å². The summed E-state index contributed by atoms with van der Waals surface area (Å²) >= 11 is 0. The highest BCUT2D eigenvalue weighted by Crippen LogP contribution is 1.98. The normalized spacial score (nSPS) is 10.5. The molecule has 62 valence electrons. The molecule has 4 heteroatoms. The van der Waals surface area contributed by atoms with Crippen LogP contribution in [0.15, 0.2) is 0 Å². The van der Waals surface area contributed by atoms with Gasteiger partial charge in [-0.3, -0.25) is 0 Å². The molecule has 0 radical (unpaired) electrons. The summed E-state index contributed by atoms with van der Waals surface area (Å²) in [5.74, 6) is 2.03. The van der Waals surface area contributed by atoms with E-state index in [9.17, 15) is 0 Å². The summed E-state index contributed by atoms with van der Waals surface area (Å²) in [4.78, 5) is 0. The summed E-state index contributed by atoms with van der Waals surface area (Å²) in [5, 5.41) is 11.1. The van der Waals surface area contributed by atoms with Crippen LogP contribution in [0.25, 0.3) is 0 Å². The Morgan fingerprint density at radius 2 is 2.00 bits per heavy atom. The van der Waals surface area contributed by atoms with Crippen molar-refractivity contribution in [2.24, 2.45) is 7.05 Å². The van der Waals surface area contributed by atoms with E-state index in [-0.39, 0.29) is 0 Å². The first-order valence-electron chi connectivity index (χ1n) is 3.81. The van der Waals surface area contributed by atoms with Crippen molar-refractivity contribution >= 4 is 0 Å². The van der Waals surface area contributed by atoms with E-state index in [2.05, 4.69) is 22.4 Å². The molecule has 0 aliphatic carbocycles. The molecule has 0 saturated heterocycles. The molecule has 0 fully saturated rings. The van der Waals surface area contributed by atoms with Crippen molar-refractivity contribution in [2.45, 2.75) is 19.9 Å². The van der Waals surface area contributed by atoms with Crippen LogP contribution in [0, 0.1) is 0 Å². The lowest BCUT2D eigenvalue weighted by atomic mass is 10.4. The van der Waals surface area contributed by atoms with Crippen LogP contribution in [0.4, 0.5) is 0 Å². The molecule has 1 N–H and O–H groups in total. The molecule has 0 aliphatic heterocycles. The highest BCUT2D eigenvalue weighted by molar-refractivity contribution is 4.93. The van der Waals surface area contributed by atoms with Gasteiger partial charge in [0.2, 0.25) is 0 Å². The van der Waals surface area contributed by atoms with Crippen molar-refractivity contribution < 1.29 is 0 Å². The Hall–Kier alpha value is -0.900. The summed E-state index contributed by atoms with van der Waals surface area (Å²) in [5.41, 5.74) is 0. The lowest BCUT2D eigenvalue weighted by molar-refractivity contribution is 0.693. The van der Waals surface area contributed by atoms with Crippen LogP contribution in [-0.4, -0.2) is 21.8 Å². The average Bonchev–Trinajstić information content (AvgIpc) is 2.34. The molecule has 0 spiro atoms. The van der Waals surface area contributed by atoms with Gasteiger partial charge in [0.15, 0.2) is 0 Å². The Labute approximate surface area is 66.6 Å². The summed E-state index contributed by atoms with van der Waals surface area (Å²) in [6, 6.07) is 0. The van der Waals surface area contributed by atoms with Crippen molar-refractivity contribution in [1.82, 2.24) is 20.1 Å². The van der Waals surface area contributed by atoms with Gasteiger partial charge in [0, 0.05) is 13.5 Å². The van der Waals surface area contributed by atoms with Gasteiger partial charge in [-0.2, -0.15) is 0 Å². The van der Waals surface area contributed by atoms with E-state index < -0.39 is 0 Å². The zero-order valence-corrected chi connectivity index (χ0v) is 7.26. The molecule has 0 atom stereocenters. The number of aryl methyl sites for hydroxylation is 1. The first-order chi connectivity index (χ1) is 5.29. The zero-order chi connectivity index (χ0) is 8.27. The van der Waals surface area contributed by atoms with Crippen molar-refractivity contribution in [3.8, 4) is 0 Å². The third kappa shape index (κ3) is 1.57.